The monoisotopic (exact) mass is 702 g/mol. The summed E-state index contributed by atoms with van der Waals surface area (Å²) in [6.45, 7) is 7.50. The van der Waals surface area contributed by atoms with Crippen LogP contribution in [0.1, 0.15) is 33.6 Å². The Morgan fingerprint density at radius 3 is 1.23 bits per heavy atom. The molecule has 0 saturated heterocycles. The lowest BCUT2D eigenvalue weighted by Gasteiger charge is -2.31. The first-order chi connectivity index (χ1) is 17.3. The fourth-order valence-electron chi connectivity index (χ4n) is 3.79. The van der Waals surface area contributed by atoms with Gasteiger partial charge in [-0.15, -0.1) is 12.4 Å². The van der Waals surface area contributed by atoms with Crippen LogP contribution >= 0.6 is 12.4 Å². The van der Waals surface area contributed by atoms with Crippen molar-refractivity contribution in [1.29, 1.82) is 0 Å². The van der Waals surface area contributed by atoms with Crippen molar-refractivity contribution in [2.75, 3.05) is 97.0 Å². The summed E-state index contributed by atoms with van der Waals surface area (Å²) in [6, 6.07) is 1.40. The van der Waals surface area contributed by atoms with E-state index in [1.54, 1.807) is 42.7 Å². The molecule has 16 heteroatoms. The quantitative estimate of drug-likeness (QED) is 0.0917. The van der Waals surface area contributed by atoms with Crippen LogP contribution in [0.4, 0.5) is 0 Å². The van der Waals surface area contributed by atoms with Crippen LogP contribution in [0, 0.1) is 0 Å². The van der Waals surface area contributed by atoms with Crippen molar-refractivity contribution < 1.29 is 71.9 Å². The lowest BCUT2D eigenvalue weighted by molar-refractivity contribution is -0.884. The number of hydrogen-bond acceptors (Lipinski definition) is 10. The van der Waals surface area contributed by atoms with Gasteiger partial charge in [-0.1, -0.05) is 0 Å². The minimum Gasteiger partial charge on any atom is -1.00 e. The molecule has 0 rings (SSSR count). The largest absolute Gasteiger partial charge is 1.00 e. The second kappa shape index (κ2) is 21.5. The smallest absolute Gasteiger partial charge is 0.500 e. The Morgan fingerprint density at radius 2 is 0.975 bits per heavy atom. The molecule has 0 aromatic heterocycles. The van der Waals surface area contributed by atoms with Gasteiger partial charge in [-0.2, -0.15) is 0 Å². The minimum absolute atomic E-state index is 0. The summed E-state index contributed by atoms with van der Waals surface area (Å²) in [5.74, 6) is -1.22. The summed E-state index contributed by atoms with van der Waals surface area (Å²) in [5.41, 5.74) is -0.443. The summed E-state index contributed by atoms with van der Waals surface area (Å²) < 4.78 is 38.4. The van der Waals surface area contributed by atoms with E-state index in [0.29, 0.717) is 28.1 Å². The normalized spacial score (nSPS) is 12.4. The number of carboxylic acids is 1. The Labute approximate surface area is 261 Å². The molecule has 0 aliphatic carbocycles. The van der Waals surface area contributed by atoms with E-state index >= 15 is 0 Å². The number of ether oxygens (including phenoxy) is 1. The molecule has 0 heterocycles. The molecule has 0 amide bonds. The standard InChI is InChI=1S/C14H32NO5Si.C10H23NO5Si.BrH.ClH/c1-14(2,3)20-13(16)12-15(4,5)10-9-11-21(17-6,18-7)19-8;1-11(2,9-10(12)13)7-6-8-17(14-3,15-4)16-5;;/h9-12H2,1-8H3;6-9H2,1-5H3;2*1H/q+1;;;/p-1. The van der Waals surface area contributed by atoms with Gasteiger partial charge >= 0.3 is 23.6 Å². The number of aliphatic carboxylic acids is 1. The van der Waals surface area contributed by atoms with Crippen molar-refractivity contribution in [3.63, 3.8) is 0 Å². The molecule has 0 saturated carbocycles. The second-order valence-electron chi connectivity index (χ2n) is 11.4. The summed E-state index contributed by atoms with van der Waals surface area (Å²) in [5, 5.41) is 10.6. The molecule has 0 unspecified atom stereocenters. The van der Waals surface area contributed by atoms with Gasteiger partial charge in [0.1, 0.15) is 12.1 Å². The first kappa shape index (κ1) is 46.8. The average molecular weight is 704 g/mol. The highest BCUT2D eigenvalue weighted by molar-refractivity contribution is 6.60. The Bertz CT molecular complexity index is 677. The van der Waals surface area contributed by atoms with Gasteiger partial charge < -0.3 is 67.1 Å². The molecule has 244 valence electrons. The Hall–Kier alpha value is -0.176. The van der Waals surface area contributed by atoms with Gasteiger partial charge in [0.15, 0.2) is 6.54 Å². The predicted molar refractivity (Wildman–Crippen MR) is 154 cm³/mol. The molecule has 0 fully saturated rings. The number of carboxylic acid groups (broad SMARTS) is 1. The molecule has 0 N–H and O–H groups in total. The van der Waals surface area contributed by atoms with E-state index in [-0.39, 0.29) is 41.9 Å². The van der Waals surface area contributed by atoms with Crippen LogP contribution < -0.4 is 22.1 Å². The molecule has 0 radical (unpaired) electrons. The van der Waals surface area contributed by atoms with Crippen LogP contribution in [0.2, 0.25) is 12.1 Å². The van der Waals surface area contributed by atoms with Gasteiger partial charge in [0.25, 0.3) is 0 Å². The first-order valence-electron chi connectivity index (χ1n) is 12.7. The number of esters is 1. The molecule has 12 nitrogen and oxygen atoms in total. The lowest BCUT2D eigenvalue weighted by Crippen LogP contribution is -3.00. The van der Waals surface area contributed by atoms with Gasteiger partial charge in [0, 0.05) is 67.6 Å². The van der Waals surface area contributed by atoms with Gasteiger partial charge in [-0.05, 0) is 20.8 Å². The third-order valence-corrected chi connectivity index (χ3v) is 11.6. The highest BCUT2D eigenvalue weighted by atomic mass is 79.9. The predicted octanol–water partition coefficient (Wildman–Crippen LogP) is -1.82. The van der Waals surface area contributed by atoms with Gasteiger partial charge in [0.05, 0.1) is 47.2 Å². The lowest BCUT2D eigenvalue weighted by atomic mass is 10.2. The maximum Gasteiger partial charge on any atom is 0.500 e. The zero-order valence-corrected chi connectivity index (χ0v) is 31.3. The zero-order valence-electron chi connectivity index (χ0n) is 26.9. The Morgan fingerprint density at radius 1 is 0.675 bits per heavy atom. The fourth-order valence-corrected chi connectivity index (χ4v) is 7.20. The third kappa shape index (κ3) is 21.5. The number of halogens is 2. The topological polar surface area (TPSA) is 122 Å². The van der Waals surface area contributed by atoms with E-state index in [4.69, 9.17) is 31.3 Å². The van der Waals surface area contributed by atoms with Crippen LogP contribution in [0.3, 0.4) is 0 Å². The molecular weight excluding hydrogens is 648 g/mol. The second-order valence-corrected chi connectivity index (χ2v) is 17.6. The van der Waals surface area contributed by atoms with E-state index in [9.17, 15) is 14.7 Å². The van der Waals surface area contributed by atoms with Crippen LogP contribution in [0.25, 0.3) is 0 Å². The van der Waals surface area contributed by atoms with E-state index in [0.717, 1.165) is 25.4 Å². The van der Waals surface area contributed by atoms with Crippen molar-refractivity contribution in [3.8, 4) is 0 Å². The number of hydrogen-bond donors (Lipinski definition) is 0. The van der Waals surface area contributed by atoms with Crippen molar-refractivity contribution in [1.82, 2.24) is 0 Å². The maximum atomic E-state index is 11.9. The van der Waals surface area contributed by atoms with Crippen molar-refractivity contribution >= 4 is 42.0 Å². The zero-order chi connectivity index (χ0) is 30.3. The number of quaternary nitrogens is 2. The number of carbonyl (C=O) groups excluding carboxylic acids is 2. The number of nitrogens with zero attached hydrogens (tertiary/aromatic N) is 2. The highest BCUT2D eigenvalue weighted by Gasteiger charge is 2.39. The van der Waals surface area contributed by atoms with Gasteiger partial charge in [-0.3, -0.25) is 0 Å². The first-order valence-corrected chi connectivity index (χ1v) is 16.5. The van der Waals surface area contributed by atoms with Crippen molar-refractivity contribution in [2.24, 2.45) is 0 Å². The fraction of sp³-hybridized carbons (Fsp3) is 0.917. The van der Waals surface area contributed by atoms with Crippen LogP contribution in [0.15, 0.2) is 0 Å². The van der Waals surface area contributed by atoms with Crippen LogP contribution in [0.5, 0.6) is 0 Å². The third-order valence-electron chi connectivity index (χ3n) is 5.89. The molecule has 40 heavy (non-hydrogen) atoms. The summed E-state index contributed by atoms with van der Waals surface area (Å²) in [4.78, 5) is 22.5. The van der Waals surface area contributed by atoms with Gasteiger partial charge in [-0.25, -0.2) is 4.79 Å². The van der Waals surface area contributed by atoms with Gasteiger partial charge in [0.2, 0.25) is 0 Å². The minimum atomic E-state index is -2.53. The molecule has 0 atom stereocenters. The number of carbonyl (C=O) groups is 2. The molecule has 0 aromatic carbocycles. The van der Waals surface area contributed by atoms with Crippen LogP contribution in [-0.2, 0) is 40.9 Å². The summed E-state index contributed by atoms with van der Waals surface area (Å²) in [6.07, 6.45) is 1.64. The molecule has 0 aromatic rings. The van der Waals surface area contributed by atoms with E-state index < -0.39 is 29.2 Å². The average Bonchev–Trinajstić information content (AvgIpc) is 2.78. The summed E-state index contributed by atoms with van der Waals surface area (Å²) >= 11 is 0. The van der Waals surface area contributed by atoms with E-state index in [2.05, 4.69) is 0 Å². The number of likely N-dealkylation sites (N-methyl/N-ethyl adjacent to an activating group) is 2. The molecule has 0 aliphatic heterocycles. The van der Waals surface area contributed by atoms with E-state index in [1.807, 2.05) is 49.0 Å². The Kier molecular flexibility index (Phi) is 25.1. The van der Waals surface area contributed by atoms with Crippen molar-refractivity contribution in [2.45, 2.75) is 51.3 Å². The molecule has 0 bridgehead atoms. The van der Waals surface area contributed by atoms with Crippen LogP contribution in [-0.4, -0.2) is 141 Å². The SMILES string of the molecule is CO[Si](CCC[N+](C)(C)CC(=O)OC(C)(C)C)(OC)OC.CO[Si](CCC[N+](C)(C)CC(=O)[O-])(OC)OC.Cl.[Br-]. The molecule has 0 aliphatic rings. The highest BCUT2D eigenvalue weighted by Crippen LogP contribution is 2.18. The maximum absolute atomic E-state index is 11.9. The van der Waals surface area contributed by atoms with Crippen molar-refractivity contribution in [3.05, 3.63) is 0 Å². The molecule has 0 spiro atoms. The molecular formula is C24H56BrClN2O10Si2. The Balaban J connectivity index is -0.000000315. The number of rotatable bonds is 18. The van der Waals surface area contributed by atoms with E-state index in [1.165, 1.54) is 0 Å². The summed E-state index contributed by atoms with van der Waals surface area (Å²) in [7, 11) is 12.2.